The van der Waals surface area contributed by atoms with Crippen LogP contribution in [-0.4, -0.2) is 46.7 Å². The van der Waals surface area contributed by atoms with Crippen LogP contribution in [0.3, 0.4) is 0 Å². The molecule has 0 saturated heterocycles. The second-order valence-electron chi connectivity index (χ2n) is 6.55. The SMILES string of the molecule is CCOC(=O)c1c(Br)c(-c2ccccc2)n(COC(CO)CO)c1-c1ccccc1. The zero-order valence-electron chi connectivity index (χ0n) is 16.6. The van der Waals surface area contributed by atoms with Gasteiger partial charge in [0.2, 0.25) is 0 Å². The van der Waals surface area contributed by atoms with E-state index in [0.717, 1.165) is 16.8 Å². The lowest BCUT2D eigenvalue weighted by atomic mass is 10.1. The summed E-state index contributed by atoms with van der Waals surface area (Å²) in [5, 5.41) is 18.8. The monoisotopic (exact) mass is 473 g/mol. The van der Waals surface area contributed by atoms with Crippen LogP contribution < -0.4 is 0 Å². The Morgan fingerprint density at radius 2 is 1.50 bits per heavy atom. The predicted octanol–water partition coefficient (Wildman–Crippen LogP) is 4.09. The minimum atomic E-state index is -0.732. The minimum absolute atomic E-state index is 0.0260. The van der Waals surface area contributed by atoms with Crippen LogP contribution in [0.15, 0.2) is 65.1 Å². The topological polar surface area (TPSA) is 80.9 Å². The highest BCUT2D eigenvalue weighted by molar-refractivity contribution is 9.10. The summed E-state index contributed by atoms with van der Waals surface area (Å²) in [5.41, 5.74) is 3.47. The van der Waals surface area contributed by atoms with Crippen LogP contribution in [0.5, 0.6) is 0 Å². The Bertz CT molecular complexity index is 968. The van der Waals surface area contributed by atoms with Crippen molar-refractivity contribution in [1.29, 1.82) is 0 Å². The molecule has 0 fully saturated rings. The van der Waals surface area contributed by atoms with Crippen molar-refractivity contribution < 1.29 is 24.5 Å². The molecule has 2 N–H and O–H groups in total. The van der Waals surface area contributed by atoms with Crippen LogP contribution in [0.1, 0.15) is 17.3 Å². The van der Waals surface area contributed by atoms with Gasteiger partial charge in [-0.2, -0.15) is 0 Å². The number of ether oxygens (including phenoxy) is 2. The lowest BCUT2D eigenvalue weighted by molar-refractivity contribution is -0.0488. The molecule has 0 aliphatic carbocycles. The molecule has 0 radical (unpaired) electrons. The van der Waals surface area contributed by atoms with Gasteiger partial charge < -0.3 is 24.3 Å². The summed E-state index contributed by atoms with van der Waals surface area (Å²) in [6.45, 7) is 1.41. The molecule has 30 heavy (non-hydrogen) atoms. The van der Waals surface area contributed by atoms with E-state index in [2.05, 4.69) is 15.9 Å². The Hall–Kier alpha value is -2.45. The molecule has 0 spiro atoms. The Balaban J connectivity index is 2.26. The van der Waals surface area contributed by atoms with E-state index in [1.165, 1.54) is 0 Å². The van der Waals surface area contributed by atoms with Crippen LogP contribution in [0, 0.1) is 0 Å². The zero-order chi connectivity index (χ0) is 21.5. The van der Waals surface area contributed by atoms with Crippen molar-refractivity contribution in [2.45, 2.75) is 19.8 Å². The molecule has 3 rings (SSSR count). The van der Waals surface area contributed by atoms with Crippen LogP contribution in [-0.2, 0) is 16.2 Å². The van der Waals surface area contributed by atoms with Crippen molar-refractivity contribution in [1.82, 2.24) is 4.57 Å². The predicted molar refractivity (Wildman–Crippen MR) is 118 cm³/mol. The number of nitrogens with zero attached hydrogens (tertiary/aromatic N) is 1. The highest BCUT2D eigenvalue weighted by Gasteiger charge is 2.29. The molecular weight excluding hydrogens is 450 g/mol. The third-order valence-electron chi connectivity index (χ3n) is 4.62. The first-order valence-electron chi connectivity index (χ1n) is 9.65. The summed E-state index contributed by atoms with van der Waals surface area (Å²) >= 11 is 3.62. The van der Waals surface area contributed by atoms with E-state index in [0.29, 0.717) is 15.7 Å². The first-order valence-corrected chi connectivity index (χ1v) is 10.4. The molecule has 1 aromatic heterocycles. The number of aromatic nitrogens is 1. The highest BCUT2D eigenvalue weighted by Crippen LogP contribution is 2.41. The molecule has 158 valence electrons. The van der Waals surface area contributed by atoms with Gasteiger partial charge in [0.1, 0.15) is 18.4 Å². The van der Waals surface area contributed by atoms with Crippen LogP contribution in [0.25, 0.3) is 22.5 Å². The maximum Gasteiger partial charge on any atom is 0.341 e. The Labute approximate surface area is 183 Å². The molecule has 0 aliphatic heterocycles. The fraction of sp³-hybridized carbons (Fsp3) is 0.261. The average molecular weight is 474 g/mol. The van der Waals surface area contributed by atoms with Crippen molar-refractivity contribution in [2.24, 2.45) is 0 Å². The molecular formula is C23H24BrNO5. The van der Waals surface area contributed by atoms with E-state index in [4.69, 9.17) is 9.47 Å². The molecule has 2 aromatic carbocycles. The first-order chi connectivity index (χ1) is 14.6. The number of carbonyl (C=O) groups is 1. The van der Waals surface area contributed by atoms with E-state index < -0.39 is 12.1 Å². The van der Waals surface area contributed by atoms with Gasteiger partial charge in [0, 0.05) is 0 Å². The quantitative estimate of drug-likeness (QED) is 0.457. The summed E-state index contributed by atoms with van der Waals surface area (Å²) < 4.78 is 13.5. The number of carbonyl (C=O) groups excluding carboxylic acids is 1. The van der Waals surface area contributed by atoms with Crippen molar-refractivity contribution in [2.75, 3.05) is 19.8 Å². The van der Waals surface area contributed by atoms with Crippen LogP contribution in [0.4, 0.5) is 0 Å². The van der Waals surface area contributed by atoms with E-state index in [1.54, 1.807) is 6.92 Å². The summed E-state index contributed by atoms with van der Waals surface area (Å²) in [7, 11) is 0. The smallest absolute Gasteiger partial charge is 0.341 e. The fourth-order valence-electron chi connectivity index (χ4n) is 3.22. The van der Waals surface area contributed by atoms with Crippen molar-refractivity contribution in [3.05, 3.63) is 70.7 Å². The summed E-state index contributed by atoms with van der Waals surface area (Å²) in [4.78, 5) is 12.9. The van der Waals surface area contributed by atoms with Gasteiger partial charge in [0.15, 0.2) is 0 Å². The van der Waals surface area contributed by atoms with Gasteiger partial charge in [-0.05, 0) is 34.0 Å². The van der Waals surface area contributed by atoms with E-state index >= 15 is 0 Å². The average Bonchev–Trinajstić information content (AvgIpc) is 3.08. The molecule has 0 amide bonds. The van der Waals surface area contributed by atoms with Gasteiger partial charge in [-0.3, -0.25) is 0 Å². The summed E-state index contributed by atoms with van der Waals surface area (Å²) in [6.07, 6.45) is -0.732. The molecule has 3 aromatic rings. The summed E-state index contributed by atoms with van der Waals surface area (Å²) in [6, 6.07) is 19.1. The maximum atomic E-state index is 12.9. The Morgan fingerprint density at radius 3 is 2.00 bits per heavy atom. The number of halogens is 1. The molecule has 1 heterocycles. The minimum Gasteiger partial charge on any atom is -0.462 e. The molecule has 0 aliphatic rings. The molecule has 0 unspecified atom stereocenters. The highest BCUT2D eigenvalue weighted by atomic mass is 79.9. The fourth-order valence-corrected chi connectivity index (χ4v) is 4.02. The third kappa shape index (κ3) is 4.65. The second kappa shape index (κ2) is 10.5. The van der Waals surface area contributed by atoms with E-state index in [9.17, 15) is 15.0 Å². The number of benzene rings is 2. The zero-order valence-corrected chi connectivity index (χ0v) is 18.2. The van der Waals surface area contributed by atoms with Crippen LogP contribution >= 0.6 is 15.9 Å². The number of aliphatic hydroxyl groups excluding tert-OH is 2. The number of rotatable bonds is 9. The van der Waals surface area contributed by atoms with Crippen molar-refractivity contribution in [3.63, 3.8) is 0 Å². The molecule has 7 heteroatoms. The molecule has 6 nitrogen and oxygen atoms in total. The molecule has 0 bridgehead atoms. The number of esters is 1. The van der Waals surface area contributed by atoms with Gasteiger partial charge in [0.25, 0.3) is 0 Å². The second-order valence-corrected chi connectivity index (χ2v) is 7.34. The van der Waals surface area contributed by atoms with Gasteiger partial charge in [-0.1, -0.05) is 60.7 Å². The van der Waals surface area contributed by atoms with Crippen molar-refractivity contribution in [3.8, 4) is 22.5 Å². The van der Waals surface area contributed by atoms with Gasteiger partial charge in [-0.25, -0.2) is 4.79 Å². The van der Waals surface area contributed by atoms with Gasteiger partial charge in [-0.15, -0.1) is 0 Å². The summed E-state index contributed by atoms with van der Waals surface area (Å²) in [5.74, 6) is -0.444. The first kappa shape index (κ1) is 22.2. The molecule has 0 atom stereocenters. The third-order valence-corrected chi connectivity index (χ3v) is 5.40. The van der Waals surface area contributed by atoms with E-state index in [-0.39, 0.29) is 26.6 Å². The Morgan fingerprint density at radius 1 is 0.967 bits per heavy atom. The number of aliphatic hydroxyl groups is 2. The number of hydrogen-bond donors (Lipinski definition) is 2. The molecule has 0 saturated carbocycles. The van der Waals surface area contributed by atoms with Crippen molar-refractivity contribution >= 4 is 21.9 Å². The van der Waals surface area contributed by atoms with Gasteiger partial charge in [0.05, 0.1) is 35.7 Å². The van der Waals surface area contributed by atoms with E-state index in [1.807, 2.05) is 65.2 Å². The Kier molecular flexibility index (Phi) is 7.81. The standard InChI is InChI=1S/C23H24BrNO5/c1-2-29-23(28)19-20(24)22(17-11-7-4-8-12-17)25(15-30-18(13-26)14-27)21(19)16-9-5-3-6-10-16/h3-12,18,26-27H,2,13-15H2,1H3. The van der Waals surface area contributed by atoms with Crippen LogP contribution in [0.2, 0.25) is 0 Å². The van der Waals surface area contributed by atoms with Gasteiger partial charge >= 0.3 is 5.97 Å². The normalized spacial score (nSPS) is 11.1. The maximum absolute atomic E-state index is 12.9. The largest absolute Gasteiger partial charge is 0.462 e. The lowest BCUT2D eigenvalue weighted by Gasteiger charge is -2.18. The number of hydrogen-bond acceptors (Lipinski definition) is 5. The lowest BCUT2D eigenvalue weighted by Crippen LogP contribution is -2.24.